The summed E-state index contributed by atoms with van der Waals surface area (Å²) in [6.07, 6.45) is 2.97. The summed E-state index contributed by atoms with van der Waals surface area (Å²) in [5, 5.41) is 2.93. The molecule has 1 rings (SSSR count). The van der Waals surface area contributed by atoms with Gasteiger partial charge < -0.3 is 11.1 Å². The van der Waals surface area contributed by atoms with Crippen molar-refractivity contribution in [3.05, 3.63) is 0 Å². The molecule has 0 bridgehead atoms. The summed E-state index contributed by atoms with van der Waals surface area (Å²) in [4.78, 5) is 12.1. The second-order valence-electron chi connectivity index (χ2n) is 4.21. The first-order chi connectivity index (χ1) is 6.50. The predicted molar refractivity (Wildman–Crippen MR) is 60.9 cm³/mol. The Bertz CT molecular complexity index is 238. The van der Waals surface area contributed by atoms with Gasteiger partial charge in [0.25, 0.3) is 0 Å². The summed E-state index contributed by atoms with van der Waals surface area (Å²) >= 11 is 4.78. The van der Waals surface area contributed by atoms with Gasteiger partial charge in [0, 0.05) is 18.4 Å². The lowest BCUT2D eigenvalue weighted by atomic mass is 10.1. The molecular formula is C10H18N2OS. The van der Waals surface area contributed by atoms with E-state index in [4.69, 9.17) is 18.0 Å². The number of nitrogens with two attached hydrogens (primary N) is 1. The Morgan fingerprint density at radius 2 is 2.14 bits per heavy atom. The minimum Gasteiger partial charge on any atom is -0.393 e. The largest absolute Gasteiger partial charge is 0.393 e. The van der Waals surface area contributed by atoms with Crippen molar-refractivity contribution in [1.82, 2.24) is 5.32 Å². The second kappa shape index (κ2) is 4.73. The molecule has 1 aliphatic rings. The topological polar surface area (TPSA) is 55.1 Å². The molecule has 0 spiro atoms. The van der Waals surface area contributed by atoms with Gasteiger partial charge in [-0.1, -0.05) is 19.1 Å². The minimum absolute atomic E-state index is 0.0567. The third-order valence-electron chi connectivity index (χ3n) is 2.64. The molecule has 0 aromatic carbocycles. The molecule has 0 heterocycles. The van der Waals surface area contributed by atoms with E-state index in [1.54, 1.807) is 0 Å². The van der Waals surface area contributed by atoms with Gasteiger partial charge in [-0.05, 0) is 25.7 Å². The summed E-state index contributed by atoms with van der Waals surface area (Å²) in [7, 11) is 0. The van der Waals surface area contributed by atoms with Gasteiger partial charge in [0.15, 0.2) is 0 Å². The van der Waals surface area contributed by atoms with Gasteiger partial charge in [0.2, 0.25) is 5.91 Å². The quantitative estimate of drug-likeness (QED) is 0.676. The highest BCUT2D eigenvalue weighted by Gasteiger charge is 2.32. The van der Waals surface area contributed by atoms with Gasteiger partial charge in [-0.25, -0.2) is 0 Å². The van der Waals surface area contributed by atoms with Gasteiger partial charge in [0.05, 0.1) is 4.99 Å². The molecule has 0 saturated heterocycles. The molecule has 1 amide bonds. The van der Waals surface area contributed by atoms with Crippen LogP contribution in [0, 0.1) is 11.8 Å². The molecule has 0 aromatic rings. The fourth-order valence-corrected chi connectivity index (χ4v) is 1.79. The van der Waals surface area contributed by atoms with Crippen LogP contribution in [0.5, 0.6) is 0 Å². The van der Waals surface area contributed by atoms with Crippen molar-refractivity contribution in [3.63, 3.8) is 0 Å². The number of thiocarbonyl (C=S) groups is 1. The maximum Gasteiger partial charge on any atom is 0.223 e. The molecule has 80 valence electrons. The fourth-order valence-electron chi connectivity index (χ4n) is 1.54. The van der Waals surface area contributed by atoms with E-state index < -0.39 is 0 Å². The molecule has 1 saturated carbocycles. The Morgan fingerprint density at radius 3 is 2.57 bits per heavy atom. The molecule has 4 heteroatoms. The maximum absolute atomic E-state index is 11.6. The van der Waals surface area contributed by atoms with E-state index in [1.165, 1.54) is 12.8 Å². The van der Waals surface area contributed by atoms with E-state index in [0.717, 1.165) is 0 Å². The summed E-state index contributed by atoms with van der Waals surface area (Å²) in [6.45, 7) is 3.91. The van der Waals surface area contributed by atoms with Crippen LogP contribution in [-0.2, 0) is 4.79 Å². The number of nitrogens with one attached hydrogen (secondary N) is 1. The van der Waals surface area contributed by atoms with E-state index in [2.05, 4.69) is 5.32 Å². The van der Waals surface area contributed by atoms with Gasteiger partial charge in [0.1, 0.15) is 0 Å². The molecule has 3 N–H and O–H groups in total. The zero-order valence-electron chi connectivity index (χ0n) is 8.75. The minimum atomic E-state index is 0.0567. The third kappa shape index (κ3) is 3.62. The molecule has 0 aromatic heterocycles. The summed E-state index contributed by atoms with van der Waals surface area (Å²) in [6, 6.07) is 0.0567. The SMILES string of the molecule is CC(CC(N)=S)NC(=O)C(C)C1CC1. The Hall–Kier alpha value is -0.640. The molecule has 0 radical (unpaired) electrons. The molecule has 0 aliphatic heterocycles. The molecule has 2 atom stereocenters. The van der Waals surface area contributed by atoms with Crippen LogP contribution in [0.4, 0.5) is 0 Å². The molecular weight excluding hydrogens is 196 g/mol. The Labute approximate surface area is 90.4 Å². The van der Waals surface area contributed by atoms with E-state index in [0.29, 0.717) is 17.3 Å². The number of hydrogen-bond donors (Lipinski definition) is 2. The van der Waals surface area contributed by atoms with Crippen LogP contribution in [0.15, 0.2) is 0 Å². The van der Waals surface area contributed by atoms with Gasteiger partial charge in [-0.2, -0.15) is 0 Å². The lowest BCUT2D eigenvalue weighted by Crippen LogP contribution is -2.38. The average molecular weight is 214 g/mol. The summed E-state index contributed by atoms with van der Waals surface area (Å²) in [5.41, 5.74) is 5.40. The van der Waals surface area contributed by atoms with E-state index in [9.17, 15) is 4.79 Å². The van der Waals surface area contributed by atoms with Crippen LogP contribution >= 0.6 is 12.2 Å². The lowest BCUT2D eigenvalue weighted by molar-refractivity contribution is -0.125. The fraction of sp³-hybridized carbons (Fsp3) is 0.800. The molecule has 2 unspecified atom stereocenters. The standard InChI is InChI=1S/C10H18N2OS/c1-6(5-9(11)14)12-10(13)7(2)8-3-4-8/h6-8H,3-5H2,1-2H3,(H2,11,14)(H,12,13). The monoisotopic (exact) mass is 214 g/mol. The number of amides is 1. The number of carbonyl (C=O) groups is 1. The zero-order chi connectivity index (χ0) is 10.7. The Balaban J connectivity index is 2.27. The average Bonchev–Trinajstić information content (AvgIpc) is 2.83. The lowest BCUT2D eigenvalue weighted by Gasteiger charge is -2.16. The Morgan fingerprint density at radius 1 is 1.57 bits per heavy atom. The predicted octanol–water partition coefficient (Wildman–Crippen LogP) is 1.21. The Kier molecular flexibility index (Phi) is 3.86. The first kappa shape index (κ1) is 11.4. The molecule has 14 heavy (non-hydrogen) atoms. The van der Waals surface area contributed by atoms with Crippen molar-refractivity contribution in [2.75, 3.05) is 0 Å². The first-order valence-electron chi connectivity index (χ1n) is 5.09. The van der Waals surface area contributed by atoms with Crippen LogP contribution in [0.1, 0.15) is 33.1 Å². The highest BCUT2D eigenvalue weighted by molar-refractivity contribution is 7.80. The van der Waals surface area contributed by atoms with Crippen molar-refractivity contribution in [1.29, 1.82) is 0 Å². The normalized spacial score (nSPS) is 19.9. The smallest absolute Gasteiger partial charge is 0.223 e. The number of hydrogen-bond acceptors (Lipinski definition) is 2. The highest BCUT2D eigenvalue weighted by atomic mass is 32.1. The molecule has 3 nitrogen and oxygen atoms in total. The van der Waals surface area contributed by atoms with Crippen molar-refractivity contribution in [3.8, 4) is 0 Å². The van der Waals surface area contributed by atoms with Crippen molar-refractivity contribution < 1.29 is 4.79 Å². The van der Waals surface area contributed by atoms with Gasteiger partial charge in [-0.3, -0.25) is 4.79 Å². The maximum atomic E-state index is 11.6. The van der Waals surface area contributed by atoms with E-state index >= 15 is 0 Å². The zero-order valence-corrected chi connectivity index (χ0v) is 9.56. The summed E-state index contributed by atoms with van der Waals surface area (Å²) in [5.74, 6) is 0.882. The van der Waals surface area contributed by atoms with Crippen molar-refractivity contribution in [2.45, 2.75) is 39.2 Å². The van der Waals surface area contributed by atoms with Crippen LogP contribution in [0.3, 0.4) is 0 Å². The highest BCUT2D eigenvalue weighted by Crippen LogP contribution is 2.36. The number of carbonyl (C=O) groups excluding carboxylic acids is 1. The number of rotatable bonds is 5. The van der Waals surface area contributed by atoms with Crippen LogP contribution in [-0.4, -0.2) is 16.9 Å². The van der Waals surface area contributed by atoms with Crippen molar-refractivity contribution in [2.24, 2.45) is 17.6 Å². The molecule has 1 aliphatic carbocycles. The van der Waals surface area contributed by atoms with E-state index in [1.807, 2.05) is 13.8 Å². The van der Waals surface area contributed by atoms with Crippen LogP contribution < -0.4 is 11.1 Å². The van der Waals surface area contributed by atoms with Crippen LogP contribution in [0.25, 0.3) is 0 Å². The van der Waals surface area contributed by atoms with Crippen molar-refractivity contribution >= 4 is 23.1 Å². The third-order valence-corrected chi connectivity index (χ3v) is 2.81. The van der Waals surface area contributed by atoms with Gasteiger partial charge >= 0.3 is 0 Å². The molecule has 1 fully saturated rings. The second-order valence-corrected chi connectivity index (χ2v) is 4.73. The van der Waals surface area contributed by atoms with Gasteiger partial charge in [-0.15, -0.1) is 0 Å². The summed E-state index contributed by atoms with van der Waals surface area (Å²) < 4.78 is 0. The first-order valence-corrected chi connectivity index (χ1v) is 5.50. The van der Waals surface area contributed by atoms with E-state index in [-0.39, 0.29) is 17.9 Å². The van der Waals surface area contributed by atoms with Crippen LogP contribution in [0.2, 0.25) is 0 Å².